The maximum absolute atomic E-state index is 2.47. The van der Waals surface area contributed by atoms with Gasteiger partial charge >= 0.3 is 0 Å². The van der Waals surface area contributed by atoms with E-state index in [-0.39, 0.29) is 0 Å². The number of thiophene rings is 1. The second-order valence-corrected chi connectivity index (χ2v) is 7.97. The Bertz CT molecular complexity index is 1430. The van der Waals surface area contributed by atoms with Gasteiger partial charge in [-0.05, 0) is 37.1 Å². The SMILES string of the molecule is C1=c2c(n(-c3cccc4sc5ccccc5c34)c3ccccc23)=CCC1. The van der Waals surface area contributed by atoms with Crippen molar-refractivity contribution >= 4 is 54.6 Å². The van der Waals surface area contributed by atoms with Gasteiger partial charge in [-0.2, -0.15) is 0 Å². The Morgan fingerprint density at radius 3 is 2.42 bits per heavy atom. The molecule has 2 heterocycles. The summed E-state index contributed by atoms with van der Waals surface area (Å²) in [4.78, 5) is 0. The molecule has 0 spiro atoms. The molecule has 0 bridgehead atoms. The van der Waals surface area contributed by atoms with E-state index in [0.29, 0.717) is 0 Å². The number of aromatic nitrogens is 1. The predicted octanol–water partition coefficient (Wildman–Crippen LogP) is 5.35. The van der Waals surface area contributed by atoms with Gasteiger partial charge in [0, 0.05) is 36.1 Å². The largest absolute Gasteiger partial charge is 0.309 e. The van der Waals surface area contributed by atoms with E-state index in [1.807, 2.05) is 11.3 Å². The molecule has 0 fully saturated rings. The van der Waals surface area contributed by atoms with Crippen molar-refractivity contribution in [2.24, 2.45) is 0 Å². The third-order valence-corrected chi connectivity index (χ3v) is 6.56. The van der Waals surface area contributed by atoms with Crippen molar-refractivity contribution in [1.82, 2.24) is 4.57 Å². The average Bonchev–Trinajstić information content (AvgIpc) is 3.24. The molecule has 0 unspecified atom stereocenters. The monoisotopic (exact) mass is 351 g/mol. The van der Waals surface area contributed by atoms with Gasteiger partial charge in [-0.1, -0.05) is 54.6 Å². The molecule has 0 radical (unpaired) electrons. The van der Waals surface area contributed by atoms with E-state index in [4.69, 9.17) is 0 Å². The van der Waals surface area contributed by atoms with Crippen LogP contribution in [0.4, 0.5) is 0 Å². The van der Waals surface area contributed by atoms with Crippen molar-refractivity contribution in [3.63, 3.8) is 0 Å². The van der Waals surface area contributed by atoms with Crippen LogP contribution in [0.1, 0.15) is 12.8 Å². The molecule has 124 valence electrons. The highest BCUT2D eigenvalue weighted by Crippen LogP contribution is 2.37. The summed E-state index contributed by atoms with van der Waals surface area (Å²) in [5.41, 5.74) is 2.60. The molecule has 1 nitrogen and oxygen atoms in total. The Morgan fingerprint density at radius 1 is 0.692 bits per heavy atom. The molecule has 6 rings (SSSR count). The highest BCUT2D eigenvalue weighted by Gasteiger charge is 2.15. The normalized spacial score (nSPS) is 13.7. The fourth-order valence-electron chi connectivity index (χ4n) is 4.35. The first kappa shape index (κ1) is 14.3. The van der Waals surface area contributed by atoms with Crippen molar-refractivity contribution in [3.05, 3.63) is 77.3 Å². The molecule has 5 aromatic rings. The lowest BCUT2D eigenvalue weighted by Gasteiger charge is -2.10. The third-order valence-electron chi connectivity index (χ3n) is 5.43. The molecule has 0 amide bonds. The lowest BCUT2D eigenvalue weighted by Crippen LogP contribution is -2.30. The second kappa shape index (κ2) is 5.33. The topological polar surface area (TPSA) is 4.93 Å². The zero-order chi connectivity index (χ0) is 17.1. The quantitative estimate of drug-likeness (QED) is 0.383. The van der Waals surface area contributed by atoms with Crippen LogP contribution in [0.3, 0.4) is 0 Å². The van der Waals surface area contributed by atoms with E-state index in [9.17, 15) is 0 Å². The summed E-state index contributed by atoms with van der Waals surface area (Å²) in [7, 11) is 0. The Kier molecular flexibility index (Phi) is 2.94. The predicted molar refractivity (Wildman–Crippen MR) is 114 cm³/mol. The molecular formula is C24H17NS. The van der Waals surface area contributed by atoms with Crippen LogP contribution in [-0.4, -0.2) is 4.57 Å². The molecule has 0 atom stereocenters. The van der Waals surface area contributed by atoms with E-state index in [1.54, 1.807) is 0 Å². The highest BCUT2D eigenvalue weighted by molar-refractivity contribution is 7.25. The molecule has 0 aliphatic heterocycles. The molecule has 1 aliphatic carbocycles. The van der Waals surface area contributed by atoms with Crippen LogP contribution in [0, 0.1) is 0 Å². The third kappa shape index (κ3) is 1.85. The zero-order valence-corrected chi connectivity index (χ0v) is 15.1. The van der Waals surface area contributed by atoms with E-state index in [0.717, 1.165) is 12.8 Å². The van der Waals surface area contributed by atoms with Gasteiger partial charge in [-0.25, -0.2) is 0 Å². The van der Waals surface area contributed by atoms with E-state index < -0.39 is 0 Å². The lowest BCUT2D eigenvalue weighted by molar-refractivity contribution is 1.03. The van der Waals surface area contributed by atoms with Crippen LogP contribution in [-0.2, 0) is 0 Å². The van der Waals surface area contributed by atoms with Gasteiger partial charge < -0.3 is 4.57 Å². The number of nitrogens with zero attached hydrogens (tertiary/aromatic N) is 1. The van der Waals surface area contributed by atoms with Gasteiger partial charge in [0.25, 0.3) is 0 Å². The highest BCUT2D eigenvalue weighted by atomic mass is 32.1. The minimum absolute atomic E-state index is 1.11. The van der Waals surface area contributed by atoms with Gasteiger partial charge in [0.15, 0.2) is 0 Å². The minimum Gasteiger partial charge on any atom is -0.309 e. The van der Waals surface area contributed by atoms with Crippen molar-refractivity contribution in [2.75, 3.05) is 0 Å². The molecule has 2 aromatic heterocycles. The molecular weight excluding hydrogens is 334 g/mol. The molecule has 26 heavy (non-hydrogen) atoms. The van der Waals surface area contributed by atoms with Crippen molar-refractivity contribution in [3.8, 4) is 5.69 Å². The van der Waals surface area contributed by atoms with E-state index in [1.165, 1.54) is 47.3 Å². The first-order chi connectivity index (χ1) is 12.9. The summed E-state index contributed by atoms with van der Waals surface area (Å²) in [6.07, 6.45) is 7.05. The van der Waals surface area contributed by atoms with Crippen LogP contribution in [0.25, 0.3) is 48.9 Å². The summed E-state index contributed by atoms with van der Waals surface area (Å²) in [5.74, 6) is 0. The van der Waals surface area contributed by atoms with Gasteiger partial charge in [0.2, 0.25) is 0 Å². The smallest absolute Gasteiger partial charge is 0.0555 e. The van der Waals surface area contributed by atoms with Crippen LogP contribution in [0.15, 0.2) is 66.7 Å². The molecule has 0 N–H and O–H groups in total. The fourth-order valence-corrected chi connectivity index (χ4v) is 5.48. The minimum atomic E-state index is 1.11. The number of benzene rings is 3. The summed E-state index contributed by atoms with van der Waals surface area (Å²) in [6.45, 7) is 0. The fraction of sp³-hybridized carbons (Fsp3) is 0.0833. The van der Waals surface area contributed by atoms with Gasteiger partial charge in [-0.3, -0.25) is 0 Å². The zero-order valence-electron chi connectivity index (χ0n) is 14.3. The maximum atomic E-state index is 2.47. The van der Waals surface area contributed by atoms with Crippen molar-refractivity contribution in [1.29, 1.82) is 0 Å². The van der Waals surface area contributed by atoms with Gasteiger partial charge in [-0.15, -0.1) is 11.3 Å². The second-order valence-electron chi connectivity index (χ2n) is 6.89. The number of rotatable bonds is 1. The van der Waals surface area contributed by atoms with Crippen LogP contribution in [0.5, 0.6) is 0 Å². The maximum Gasteiger partial charge on any atom is 0.0555 e. The van der Waals surface area contributed by atoms with Gasteiger partial charge in [0.1, 0.15) is 0 Å². The Morgan fingerprint density at radius 2 is 1.46 bits per heavy atom. The molecule has 1 aliphatic rings. The number of para-hydroxylation sites is 1. The molecule has 0 saturated carbocycles. The van der Waals surface area contributed by atoms with Crippen molar-refractivity contribution < 1.29 is 0 Å². The number of hydrogen-bond acceptors (Lipinski definition) is 1. The van der Waals surface area contributed by atoms with Gasteiger partial charge in [0.05, 0.1) is 11.2 Å². The van der Waals surface area contributed by atoms with Crippen LogP contribution in [0.2, 0.25) is 0 Å². The molecule has 2 heteroatoms. The summed E-state index contributed by atoms with van der Waals surface area (Å²) in [6, 6.07) is 24.3. The summed E-state index contributed by atoms with van der Waals surface area (Å²) >= 11 is 1.88. The van der Waals surface area contributed by atoms with E-state index in [2.05, 4.69) is 83.4 Å². The lowest BCUT2D eigenvalue weighted by atomic mass is 10.1. The molecule has 0 saturated heterocycles. The Labute approximate surface area is 155 Å². The number of fused-ring (bicyclic) bond motifs is 6. The van der Waals surface area contributed by atoms with Crippen LogP contribution < -0.4 is 10.6 Å². The summed E-state index contributed by atoms with van der Waals surface area (Å²) in [5, 5.41) is 6.82. The van der Waals surface area contributed by atoms with Crippen molar-refractivity contribution in [2.45, 2.75) is 12.8 Å². The number of hydrogen-bond donors (Lipinski definition) is 0. The Balaban J connectivity index is 1.87. The van der Waals surface area contributed by atoms with Crippen LogP contribution >= 0.6 is 11.3 Å². The van der Waals surface area contributed by atoms with E-state index >= 15 is 0 Å². The standard InChI is InChI=1S/C24H17NS/c1-4-11-19-16(8-1)17-9-2-5-12-20(17)25(19)21-13-7-15-23-24(21)18-10-3-6-14-22(18)26-23/h1,3-4,6-15H,2,5H2. The first-order valence-corrected chi connectivity index (χ1v) is 9.94. The Hall–Kier alpha value is -2.84. The molecule has 3 aromatic carbocycles. The summed E-state index contributed by atoms with van der Waals surface area (Å²) < 4.78 is 5.19. The first-order valence-electron chi connectivity index (χ1n) is 9.12. The average molecular weight is 351 g/mol.